The van der Waals surface area contributed by atoms with Crippen molar-refractivity contribution >= 4 is 5.91 Å². The van der Waals surface area contributed by atoms with E-state index in [1.165, 1.54) is 12.8 Å². The van der Waals surface area contributed by atoms with Gasteiger partial charge in [0, 0.05) is 6.04 Å². The predicted octanol–water partition coefficient (Wildman–Crippen LogP) is 3.02. The van der Waals surface area contributed by atoms with Gasteiger partial charge in [0.1, 0.15) is 5.75 Å². The maximum atomic E-state index is 11.7. The van der Waals surface area contributed by atoms with E-state index in [9.17, 15) is 4.79 Å². The third-order valence-electron chi connectivity index (χ3n) is 3.00. The average Bonchev–Trinajstić information content (AvgIpc) is 2.46. The molecule has 0 heterocycles. The van der Waals surface area contributed by atoms with E-state index in [4.69, 9.17) is 10.00 Å². The summed E-state index contributed by atoms with van der Waals surface area (Å²) < 4.78 is 5.37. The summed E-state index contributed by atoms with van der Waals surface area (Å²) in [5.74, 6) is 0.483. The topological polar surface area (TPSA) is 62.1 Å². The van der Waals surface area contributed by atoms with Gasteiger partial charge < -0.3 is 10.1 Å². The number of nitrogens with zero attached hydrogens (tertiary/aromatic N) is 1. The standard InChI is InChI=1S/C16H22N2O2/c1-3-4-5-6-13(2)18-16(19)12-20-15-9-7-14(11-17)8-10-15/h7-10,13H,3-6,12H2,1-2H3,(H,18,19)/t13-/m0/s1. The highest BCUT2D eigenvalue weighted by atomic mass is 16.5. The van der Waals surface area contributed by atoms with Gasteiger partial charge in [-0.3, -0.25) is 4.79 Å². The van der Waals surface area contributed by atoms with Gasteiger partial charge in [0.05, 0.1) is 11.6 Å². The highest BCUT2D eigenvalue weighted by molar-refractivity contribution is 5.77. The number of benzene rings is 1. The van der Waals surface area contributed by atoms with E-state index >= 15 is 0 Å². The molecule has 1 amide bonds. The normalized spacial score (nSPS) is 11.4. The van der Waals surface area contributed by atoms with Crippen LogP contribution in [0.3, 0.4) is 0 Å². The van der Waals surface area contributed by atoms with Gasteiger partial charge in [-0.15, -0.1) is 0 Å². The molecule has 0 aliphatic rings. The van der Waals surface area contributed by atoms with Crippen LogP contribution in [0.15, 0.2) is 24.3 Å². The zero-order valence-electron chi connectivity index (χ0n) is 12.2. The van der Waals surface area contributed by atoms with Crippen molar-refractivity contribution < 1.29 is 9.53 Å². The molecule has 0 bridgehead atoms. The molecule has 0 fully saturated rings. The molecule has 0 radical (unpaired) electrons. The van der Waals surface area contributed by atoms with Gasteiger partial charge >= 0.3 is 0 Å². The molecule has 0 unspecified atom stereocenters. The number of unbranched alkanes of at least 4 members (excludes halogenated alkanes) is 2. The van der Waals surface area contributed by atoms with Gasteiger partial charge in [-0.05, 0) is 37.6 Å². The summed E-state index contributed by atoms with van der Waals surface area (Å²) in [6.07, 6.45) is 4.51. The Labute approximate surface area is 120 Å². The molecule has 4 nitrogen and oxygen atoms in total. The second kappa shape index (κ2) is 8.98. The zero-order valence-corrected chi connectivity index (χ0v) is 12.2. The highest BCUT2D eigenvalue weighted by Gasteiger charge is 2.07. The molecule has 0 aliphatic carbocycles. The van der Waals surface area contributed by atoms with Crippen LogP contribution >= 0.6 is 0 Å². The lowest BCUT2D eigenvalue weighted by Crippen LogP contribution is -2.36. The van der Waals surface area contributed by atoms with E-state index in [0.29, 0.717) is 11.3 Å². The Hall–Kier alpha value is -2.02. The minimum absolute atomic E-state index is 0.00399. The quantitative estimate of drug-likeness (QED) is 0.741. The average molecular weight is 274 g/mol. The van der Waals surface area contributed by atoms with Crippen LogP contribution < -0.4 is 10.1 Å². The van der Waals surface area contributed by atoms with Crippen molar-refractivity contribution in [2.24, 2.45) is 0 Å². The Morgan fingerprint density at radius 3 is 2.65 bits per heavy atom. The summed E-state index contributed by atoms with van der Waals surface area (Å²) >= 11 is 0. The van der Waals surface area contributed by atoms with Gasteiger partial charge in [-0.25, -0.2) is 0 Å². The van der Waals surface area contributed by atoms with Crippen LogP contribution in [0.1, 0.15) is 45.1 Å². The van der Waals surface area contributed by atoms with E-state index in [-0.39, 0.29) is 18.6 Å². The Bertz CT molecular complexity index is 449. The smallest absolute Gasteiger partial charge is 0.258 e. The van der Waals surface area contributed by atoms with Crippen LogP contribution in [-0.2, 0) is 4.79 Å². The molecule has 1 aromatic carbocycles. The van der Waals surface area contributed by atoms with Gasteiger partial charge in [0.2, 0.25) is 0 Å². The Morgan fingerprint density at radius 2 is 2.05 bits per heavy atom. The lowest BCUT2D eigenvalue weighted by Gasteiger charge is -2.14. The summed E-state index contributed by atoms with van der Waals surface area (Å²) in [4.78, 5) is 11.7. The summed E-state index contributed by atoms with van der Waals surface area (Å²) in [5, 5.41) is 11.6. The molecule has 1 atom stereocenters. The molecular formula is C16H22N2O2. The number of hydrogen-bond donors (Lipinski definition) is 1. The van der Waals surface area contributed by atoms with E-state index in [2.05, 4.69) is 12.2 Å². The summed E-state index contributed by atoms with van der Waals surface area (Å²) in [6, 6.07) is 8.93. The third-order valence-corrected chi connectivity index (χ3v) is 3.00. The maximum absolute atomic E-state index is 11.7. The monoisotopic (exact) mass is 274 g/mol. The molecule has 0 saturated heterocycles. The number of rotatable bonds is 8. The highest BCUT2D eigenvalue weighted by Crippen LogP contribution is 2.11. The third kappa shape index (κ3) is 6.24. The first-order chi connectivity index (χ1) is 9.65. The van der Waals surface area contributed by atoms with Crippen molar-refractivity contribution in [2.45, 2.75) is 45.6 Å². The molecule has 1 aromatic rings. The number of amides is 1. The second-order valence-electron chi connectivity index (χ2n) is 4.89. The lowest BCUT2D eigenvalue weighted by atomic mass is 10.1. The molecule has 0 aromatic heterocycles. The van der Waals surface area contributed by atoms with Gasteiger partial charge in [0.25, 0.3) is 5.91 Å². The van der Waals surface area contributed by atoms with Crippen molar-refractivity contribution in [3.8, 4) is 11.8 Å². The number of ether oxygens (including phenoxy) is 1. The zero-order chi connectivity index (χ0) is 14.8. The van der Waals surface area contributed by atoms with Crippen LogP contribution in [0.5, 0.6) is 5.75 Å². The minimum atomic E-state index is -0.113. The fourth-order valence-corrected chi connectivity index (χ4v) is 1.86. The van der Waals surface area contributed by atoms with Gasteiger partial charge in [0.15, 0.2) is 6.61 Å². The summed E-state index contributed by atoms with van der Waals surface area (Å²) in [7, 11) is 0. The number of nitriles is 1. The predicted molar refractivity (Wildman–Crippen MR) is 78.4 cm³/mol. The minimum Gasteiger partial charge on any atom is -0.484 e. The van der Waals surface area contributed by atoms with Crippen molar-refractivity contribution in [3.05, 3.63) is 29.8 Å². The van der Waals surface area contributed by atoms with Gasteiger partial charge in [-0.2, -0.15) is 5.26 Å². The first-order valence-corrected chi connectivity index (χ1v) is 7.08. The van der Waals surface area contributed by atoms with Crippen LogP contribution in [0.25, 0.3) is 0 Å². The van der Waals surface area contributed by atoms with Gasteiger partial charge in [-0.1, -0.05) is 26.2 Å². The van der Waals surface area contributed by atoms with Crippen LogP contribution in [0.4, 0.5) is 0 Å². The number of carbonyl (C=O) groups is 1. The molecule has 20 heavy (non-hydrogen) atoms. The van der Waals surface area contributed by atoms with Crippen LogP contribution in [-0.4, -0.2) is 18.6 Å². The summed E-state index contributed by atoms with van der Waals surface area (Å²) in [5.41, 5.74) is 0.575. The van der Waals surface area contributed by atoms with E-state index < -0.39 is 0 Å². The van der Waals surface area contributed by atoms with E-state index in [1.54, 1.807) is 24.3 Å². The molecule has 0 saturated carbocycles. The summed E-state index contributed by atoms with van der Waals surface area (Å²) in [6.45, 7) is 4.17. The first-order valence-electron chi connectivity index (χ1n) is 7.08. The molecule has 1 rings (SSSR count). The van der Waals surface area contributed by atoms with Crippen molar-refractivity contribution in [1.82, 2.24) is 5.32 Å². The molecule has 1 N–H and O–H groups in total. The SMILES string of the molecule is CCCCC[C@H](C)NC(=O)COc1ccc(C#N)cc1. The van der Waals surface area contributed by atoms with E-state index in [1.807, 2.05) is 13.0 Å². The fourth-order valence-electron chi connectivity index (χ4n) is 1.86. The molecule has 0 spiro atoms. The molecule has 4 heteroatoms. The second-order valence-corrected chi connectivity index (χ2v) is 4.89. The lowest BCUT2D eigenvalue weighted by molar-refractivity contribution is -0.123. The van der Waals surface area contributed by atoms with E-state index in [0.717, 1.165) is 12.8 Å². The Kier molecular flexibility index (Phi) is 7.20. The molecule has 0 aliphatic heterocycles. The fraction of sp³-hybridized carbons (Fsp3) is 0.500. The molecular weight excluding hydrogens is 252 g/mol. The van der Waals surface area contributed by atoms with Crippen LogP contribution in [0, 0.1) is 11.3 Å². The van der Waals surface area contributed by atoms with Crippen LogP contribution in [0.2, 0.25) is 0 Å². The number of carbonyl (C=O) groups excluding carboxylic acids is 1. The van der Waals surface area contributed by atoms with Crippen molar-refractivity contribution in [2.75, 3.05) is 6.61 Å². The van der Waals surface area contributed by atoms with Crippen molar-refractivity contribution in [1.29, 1.82) is 5.26 Å². The Balaban J connectivity index is 2.26. The number of hydrogen-bond acceptors (Lipinski definition) is 3. The Morgan fingerprint density at radius 1 is 1.35 bits per heavy atom. The van der Waals surface area contributed by atoms with Crippen molar-refractivity contribution in [3.63, 3.8) is 0 Å². The maximum Gasteiger partial charge on any atom is 0.258 e. The molecule has 108 valence electrons. The largest absolute Gasteiger partial charge is 0.484 e. The number of nitrogens with one attached hydrogen (secondary N) is 1. The first kappa shape index (κ1) is 16.0.